The Morgan fingerprint density at radius 2 is 1.92 bits per heavy atom. The van der Waals surface area contributed by atoms with Crippen LogP contribution in [0.5, 0.6) is 0 Å². The summed E-state index contributed by atoms with van der Waals surface area (Å²) >= 11 is 0. The summed E-state index contributed by atoms with van der Waals surface area (Å²) < 4.78 is 5.90. The summed E-state index contributed by atoms with van der Waals surface area (Å²) in [5.74, 6) is 0.792. The number of carbonyl (C=O) groups is 1. The minimum Gasteiger partial charge on any atom is -0.406 e. The maximum Gasteiger partial charge on any atom is 0.318 e. The lowest BCUT2D eigenvalue weighted by Crippen LogP contribution is -2.31. The van der Waals surface area contributed by atoms with Crippen LogP contribution >= 0.6 is 0 Å². The highest BCUT2D eigenvalue weighted by Gasteiger charge is 2.24. The first-order valence-electron chi connectivity index (χ1n) is 9.03. The summed E-state index contributed by atoms with van der Waals surface area (Å²) in [6.07, 6.45) is 3.41. The van der Waals surface area contributed by atoms with Crippen LogP contribution in [0.2, 0.25) is 0 Å². The van der Waals surface area contributed by atoms with Gasteiger partial charge in [-0.15, -0.1) is 5.10 Å². The molecular weight excluding hydrogens is 316 g/mol. The first kappa shape index (κ1) is 17.5. The topological polar surface area (TPSA) is 71.3 Å². The van der Waals surface area contributed by atoms with E-state index in [0.717, 1.165) is 31.5 Å². The van der Waals surface area contributed by atoms with Crippen molar-refractivity contribution in [3.63, 3.8) is 0 Å². The summed E-state index contributed by atoms with van der Waals surface area (Å²) in [5.41, 5.74) is 1.12. The normalized spacial score (nSPS) is 15.6. The first-order chi connectivity index (χ1) is 12.1. The van der Waals surface area contributed by atoms with Gasteiger partial charge in [-0.05, 0) is 24.3 Å². The fraction of sp³-hybridized carbons (Fsp3) is 0.526. The van der Waals surface area contributed by atoms with Crippen molar-refractivity contribution >= 4 is 11.9 Å². The molecule has 1 saturated heterocycles. The van der Waals surface area contributed by atoms with Crippen LogP contribution in [0, 0.1) is 5.92 Å². The summed E-state index contributed by atoms with van der Waals surface area (Å²) in [6, 6.07) is 10.3. The number of anilines is 1. The average molecular weight is 342 g/mol. The second-order valence-electron chi connectivity index (χ2n) is 7.02. The Bertz CT molecular complexity index is 678. The monoisotopic (exact) mass is 342 g/mol. The fourth-order valence-electron chi connectivity index (χ4n) is 3.08. The third-order valence-corrected chi connectivity index (χ3v) is 4.32. The van der Waals surface area contributed by atoms with Crippen molar-refractivity contribution < 1.29 is 9.21 Å². The number of aromatic nitrogens is 2. The summed E-state index contributed by atoms with van der Waals surface area (Å²) in [7, 11) is 0. The predicted molar refractivity (Wildman–Crippen MR) is 96.2 cm³/mol. The molecule has 1 atom stereocenters. The molecule has 1 aliphatic rings. The van der Waals surface area contributed by atoms with Crippen LogP contribution in [0.4, 0.5) is 6.01 Å². The van der Waals surface area contributed by atoms with Crippen LogP contribution in [0.3, 0.4) is 0 Å². The summed E-state index contributed by atoms with van der Waals surface area (Å²) in [6.45, 7) is 5.96. The second kappa shape index (κ2) is 8.14. The average Bonchev–Trinajstić information content (AvgIpc) is 3.26. The molecule has 2 aromatic rings. The van der Waals surface area contributed by atoms with Crippen LogP contribution in [-0.4, -0.2) is 29.2 Å². The van der Waals surface area contributed by atoms with Crippen molar-refractivity contribution in [1.29, 1.82) is 0 Å². The van der Waals surface area contributed by atoms with E-state index >= 15 is 0 Å². The Kier molecular flexibility index (Phi) is 5.68. The molecule has 6 heteroatoms. The van der Waals surface area contributed by atoms with Crippen LogP contribution in [0.15, 0.2) is 34.7 Å². The number of hydrogen-bond acceptors (Lipinski definition) is 5. The molecule has 1 unspecified atom stereocenters. The van der Waals surface area contributed by atoms with Gasteiger partial charge >= 0.3 is 6.01 Å². The number of carbonyl (C=O) groups excluding carboxylic acids is 1. The molecule has 0 spiro atoms. The van der Waals surface area contributed by atoms with Crippen LogP contribution in [0.1, 0.15) is 50.6 Å². The zero-order valence-electron chi connectivity index (χ0n) is 14.9. The quantitative estimate of drug-likeness (QED) is 0.837. The van der Waals surface area contributed by atoms with Crippen LogP contribution in [0.25, 0.3) is 0 Å². The van der Waals surface area contributed by atoms with E-state index in [2.05, 4.69) is 20.4 Å². The lowest BCUT2D eigenvalue weighted by molar-refractivity contribution is -0.122. The Morgan fingerprint density at radius 1 is 1.20 bits per heavy atom. The molecule has 134 valence electrons. The number of nitrogens with one attached hydrogen (secondary N) is 1. The smallest absolute Gasteiger partial charge is 0.318 e. The summed E-state index contributed by atoms with van der Waals surface area (Å²) in [4.78, 5) is 14.4. The van der Waals surface area contributed by atoms with Gasteiger partial charge in [0, 0.05) is 25.9 Å². The third kappa shape index (κ3) is 4.81. The van der Waals surface area contributed by atoms with Gasteiger partial charge in [-0.2, -0.15) is 0 Å². The van der Waals surface area contributed by atoms with Crippen molar-refractivity contribution in [2.45, 2.75) is 45.6 Å². The van der Waals surface area contributed by atoms with Crippen molar-refractivity contribution in [3.8, 4) is 0 Å². The van der Waals surface area contributed by atoms with Crippen molar-refractivity contribution in [3.05, 3.63) is 41.8 Å². The number of hydrogen-bond donors (Lipinski definition) is 1. The highest BCUT2D eigenvalue weighted by atomic mass is 16.4. The lowest BCUT2D eigenvalue weighted by Gasteiger charge is -2.17. The zero-order chi connectivity index (χ0) is 17.6. The first-order valence-corrected chi connectivity index (χ1v) is 9.03. The van der Waals surface area contributed by atoms with Crippen LogP contribution in [-0.2, 0) is 11.2 Å². The predicted octanol–water partition coefficient (Wildman–Crippen LogP) is 3.12. The molecule has 0 saturated carbocycles. The van der Waals surface area contributed by atoms with Gasteiger partial charge in [0.15, 0.2) is 0 Å². The number of rotatable bonds is 7. The van der Waals surface area contributed by atoms with E-state index in [-0.39, 0.29) is 11.9 Å². The van der Waals surface area contributed by atoms with Gasteiger partial charge in [-0.1, -0.05) is 49.3 Å². The molecule has 6 nitrogen and oxygen atoms in total. The van der Waals surface area contributed by atoms with Gasteiger partial charge in [-0.3, -0.25) is 4.79 Å². The van der Waals surface area contributed by atoms with Gasteiger partial charge in [-0.25, -0.2) is 0 Å². The fourth-order valence-corrected chi connectivity index (χ4v) is 3.08. The minimum absolute atomic E-state index is 0.0110. The van der Waals surface area contributed by atoms with E-state index in [9.17, 15) is 4.79 Å². The van der Waals surface area contributed by atoms with E-state index in [0.29, 0.717) is 30.7 Å². The van der Waals surface area contributed by atoms with Crippen molar-refractivity contribution in [2.24, 2.45) is 5.92 Å². The molecule has 0 aliphatic carbocycles. The maximum atomic E-state index is 12.3. The second-order valence-corrected chi connectivity index (χ2v) is 7.02. The number of amides is 1. The standard InChI is InChI=1S/C19H26N4O2/c1-14(2)12-17(24)20-16(13-15-8-4-3-5-9-15)18-21-22-19(25-18)23-10-6-7-11-23/h3-5,8-9,14,16H,6-7,10-13H2,1-2H3,(H,20,24). The van der Waals surface area contributed by atoms with E-state index in [1.165, 1.54) is 0 Å². The molecule has 1 aromatic carbocycles. The van der Waals surface area contributed by atoms with E-state index in [1.54, 1.807) is 0 Å². The Balaban J connectivity index is 1.76. The Hall–Kier alpha value is -2.37. The Morgan fingerprint density at radius 3 is 2.60 bits per heavy atom. The molecular formula is C19H26N4O2. The summed E-state index contributed by atoms with van der Waals surface area (Å²) in [5, 5.41) is 11.5. The molecule has 0 bridgehead atoms. The highest BCUT2D eigenvalue weighted by molar-refractivity contribution is 5.76. The van der Waals surface area contributed by atoms with Crippen molar-refractivity contribution in [2.75, 3.05) is 18.0 Å². The van der Waals surface area contributed by atoms with Crippen molar-refractivity contribution in [1.82, 2.24) is 15.5 Å². The minimum atomic E-state index is -0.308. The molecule has 1 amide bonds. The molecule has 0 radical (unpaired) electrons. The largest absolute Gasteiger partial charge is 0.406 e. The molecule has 1 fully saturated rings. The maximum absolute atomic E-state index is 12.3. The molecule has 1 N–H and O–H groups in total. The van der Waals surface area contributed by atoms with Gasteiger partial charge in [0.2, 0.25) is 11.8 Å². The highest BCUT2D eigenvalue weighted by Crippen LogP contribution is 2.23. The van der Waals surface area contributed by atoms with Gasteiger partial charge in [0.05, 0.1) is 0 Å². The van der Waals surface area contributed by atoms with E-state index in [4.69, 9.17) is 4.42 Å². The number of nitrogens with zero attached hydrogens (tertiary/aromatic N) is 3. The SMILES string of the molecule is CC(C)CC(=O)NC(Cc1ccccc1)c1nnc(N2CCCC2)o1. The van der Waals surface area contributed by atoms with Gasteiger partial charge in [0.25, 0.3) is 0 Å². The van der Waals surface area contributed by atoms with Gasteiger partial charge < -0.3 is 14.6 Å². The molecule has 1 aromatic heterocycles. The zero-order valence-corrected chi connectivity index (χ0v) is 14.9. The molecule has 25 heavy (non-hydrogen) atoms. The van der Waals surface area contributed by atoms with Gasteiger partial charge in [0.1, 0.15) is 6.04 Å². The van der Waals surface area contributed by atoms with Crippen LogP contribution < -0.4 is 10.2 Å². The molecule has 3 rings (SSSR count). The Labute approximate surface area is 148 Å². The molecule has 1 aliphatic heterocycles. The number of benzene rings is 1. The lowest BCUT2D eigenvalue weighted by atomic mass is 10.0. The molecule has 2 heterocycles. The third-order valence-electron chi connectivity index (χ3n) is 4.32. The van der Waals surface area contributed by atoms with E-state index in [1.807, 2.05) is 44.2 Å². The van der Waals surface area contributed by atoms with E-state index < -0.39 is 0 Å².